The number of carbonyl (C=O) groups excluding carboxylic acids is 1. The molecule has 0 aliphatic carbocycles. The van der Waals surface area contributed by atoms with Crippen LogP contribution in [0.4, 0.5) is 0 Å². The van der Waals surface area contributed by atoms with Crippen LogP contribution in [0.3, 0.4) is 0 Å². The van der Waals surface area contributed by atoms with Gasteiger partial charge in [0.1, 0.15) is 6.10 Å². The van der Waals surface area contributed by atoms with E-state index in [1.165, 1.54) is 0 Å². The van der Waals surface area contributed by atoms with E-state index >= 15 is 0 Å². The van der Waals surface area contributed by atoms with Crippen molar-refractivity contribution in [1.82, 2.24) is 0 Å². The number of rotatable bonds is 1. The molecule has 2 atom stereocenters. The van der Waals surface area contributed by atoms with E-state index in [4.69, 9.17) is 9.84 Å². The minimum Gasteiger partial charge on any atom is -0.462 e. The zero-order valence-electron chi connectivity index (χ0n) is 8.91. The highest BCUT2D eigenvalue weighted by molar-refractivity contribution is 5.72. The second-order valence-electron chi connectivity index (χ2n) is 4.07. The number of aliphatic hydroxyl groups excluding tert-OH is 1. The molecule has 0 saturated carbocycles. The Morgan fingerprint density at radius 2 is 2.00 bits per heavy atom. The molecule has 1 aliphatic rings. The van der Waals surface area contributed by atoms with E-state index in [0.717, 1.165) is 5.92 Å². The van der Waals surface area contributed by atoms with Crippen molar-refractivity contribution in [3.63, 3.8) is 0 Å². The molecule has 1 N–H and O–H groups in total. The van der Waals surface area contributed by atoms with Gasteiger partial charge >= 0.3 is 5.97 Å². The molecule has 0 spiro atoms. The van der Waals surface area contributed by atoms with Gasteiger partial charge in [-0.15, -0.1) is 0 Å². The van der Waals surface area contributed by atoms with Crippen LogP contribution >= 0.6 is 0 Å². The van der Waals surface area contributed by atoms with Gasteiger partial charge < -0.3 is 9.84 Å². The molecule has 1 fully saturated rings. The minimum absolute atomic E-state index is 0.0255. The predicted molar refractivity (Wildman–Crippen MR) is 51.3 cm³/mol. The maximum Gasteiger partial charge on any atom is 0.306 e. The average molecular weight is 188 g/mol. The maximum atomic E-state index is 10.5. The van der Waals surface area contributed by atoms with Gasteiger partial charge in [-0.05, 0) is 12.8 Å². The van der Waals surface area contributed by atoms with Gasteiger partial charge in [0, 0.05) is 12.5 Å². The third-order valence-corrected chi connectivity index (χ3v) is 1.64. The molecule has 3 heteroatoms. The van der Waals surface area contributed by atoms with Crippen molar-refractivity contribution in [2.45, 2.75) is 40.2 Å². The van der Waals surface area contributed by atoms with E-state index in [1.807, 2.05) is 0 Å². The van der Waals surface area contributed by atoms with Gasteiger partial charge in [0.15, 0.2) is 0 Å². The smallest absolute Gasteiger partial charge is 0.306 e. The number of carbonyl (C=O) groups is 1. The van der Waals surface area contributed by atoms with Crippen molar-refractivity contribution < 1.29 is 14.6 Å². The summed E-state index contributed by atoms with van der Waals surface area (Å²) >= 11 is 0. The first kappa shape index (κ1) is 12.4. The van der Waals surface area contributed by atoms with Crippen LogP contribution < -0.4 is 0 Å². The summed E-state index contributed by atoms with van der Waals surface area (Å²) in [7, 11) is 0. The summed E-state index contributed by atoms with van der Waals surface area (Å²) < 4.78 is 4.77. The summed E-state index contributed by atoms with van der Waals surface area (Å²) in [6, 6.07) is 0. The zero-order valence-corrected chi connectivity index (χ0v) is 8.91. The summed E-state index contributed by atoms with van der Waals surface area (Å²) in [6.45, 7) is 8.35. The van der Waals surface area contributed by atoms with Crippen molar-refractivity contribution in [2.24, 2.45) is 11.8 Å². The van der Waals surface area contributed by atoms with E-state index in [0.29, 0.717) is 6.42 Å². The monoisotopic (exact) mass is 188 g/mol. The molecule has 1 aliphatic heterocycles. The Hall–Kier alpha value is -0.570. The summed E-state index contributed by atoms with van der Waals surface area (Å²) in [5.74, 6) is 0.666. The summed E-state index contributed by atoms with van der Waals surface area (Å²) in [5, 5.41) is 8.62. The van der Waals surface area contributed by atoms with E-state index < -0.39 is 0 Å². The lowest BCUT2D eigenvalue weighted by Gasteiger charge is -2.07. The van der Waals surface area contributed by atoms with E-state index in [2.05, 4.69) is 20.8 Å². The van der Waals surface area contributed by atoms with Crippen LogP contribution in [0, 0.1) is 11.8 Å². The highest BCUT2D eigenvalue weighted by Gasteiger charge is 2.30. The third-order valence-electron chi connectivity index (χ3n) is 1.64. The molecule has 0 bridgehead atoms. The fourth-order valence-electron chi connectivity index (χ4n) is 0.945. The van der Waals surface area contributed by atoms with E-state index in [-0.39, 0.29) is 24.6 Å². The SMILES string of the molecule is CC(C)C.CC1OC(=O)CC1CO. The number of aliphatic hydroxyl groups is 1. The molecule has 1 heterocycles. The Labute approximate surface area is 80.1 Å². The Morgan fingerprint density at radius 1 is 1.54 bits per heavy atom. The standard InChI is InChI=1S/C6H10O3.C4H10/c1-4-5(3-7)2-6(8)9-4;1-4(2)3/h4-5,7H,2-3H2,1H3;4H,1-3H3. The highest BCUT2D eigenvalue weighted by atomic mass is 16.5. The Morgan fingerprint density at radius 3 is 2.15 bits per heavy atom. The van der Waals surface area contributed by atoms with Gasteiger partial charge in [-0.2, -0.15) is 0 Å². The van der Waals surface area contributed by atoms with E-state index in [9.17, 15) is 4.79 Å². The topological polar surface area (TPSA) is 46.5 Å². The Balaban J connectivity index is 0.000000310. The molecule has 0 aromatic carbocycles. The molecule has 0 aromatic heterocycles. The summed E-state index contributed by atoms with van der Waals surface area (Å²) in [5.41, 5.74) is 0. The number of ether oxygens (including phenoxy) is 1. The van der Waals surface area contributed by atoms with Gasteiger partial charge in [-0.1, -0.05) is 20.8 Å². The number of cyclic esters (lactones) is 1. The minimum atomic E-state index is -0.193. The fourth-order valence-corrected chi connectivity index (χ4v) is 0.945. The van der Waals surface area contributed by atoms with Crippen LogP contribution in [-0.4, -0.2) is 23.8 Å². The largest absolute Gasteiger partial charge is 0.462 e. The average Bonchev–Trinajstić information content (AvgIpc) is 2.28. The molecule has 78 valence electrons. The second kappa shape index (κ2) is 5.97. The van der Waals surface area contributed by atoms with Crippen molar-refractivity contribution in [1.29, 1.82) is 0 Å². The molecule has 1 rings (SSSR count). The summed E-state index contributed by atoms with van der Waals surface area (Å²) in [6.07, 6.45) is 0.278. The van der Waals surface area contributed by atoms with Crippen molar-refractivity contribution in [3.8, 4) is 0 Å². The van der Waals surface area contributed by atoms with Crippen LogP contribution in [0.1, 0.15) is 34.1 Å². The van der Waals surface area contributed by atoms with Crippen LogP contribution in [0.2, 0.25) is 0 Å². The van der Waals surface area contributed by atoms with Gasteiger partial charge in [0.05, 0.1) is 6.42 Å². The Bertz CT molecular complexity index is 151. The highest BCUT2D eigenvalue weighted by Crippen LogP contribution is 2.20. The van der Waals surface area contributed by atoms with Gasteiger partial charge in [-0.25, -0.2) is 0 Å². The molecule has 3 nitrogen and oxygen atoms in total. The first-order valence-electron chi connectivity index (χ1n) is 4.77. The fraction of sp³-hybridized carbons (Fsp3) is 0.900. The van der Waals surface area contributed by atoms with Crippen LogP contribution in [-0.2, 0) is 9.53 Å². The van der Waals surface area contributed by atoms with Gasteiger partial charge in [0.2, 0.25) is 0 Å². The number of hydrogen-bond donors (Lipinski definition) is 1. The lowest BCUT2D eigenvalue weighted by molar-refractivity contribution is -0.140. The Kier molecular flexibility index (Phi) is 5.71. The number of esters is 1. The van der Waals surface area contributed by atoms with Crippen molar-refractivity contribution in [2.75, 3.05) is 6.61 Å². The molecular weight excluding hydrogens is 168 g/mol. The molecule has 0 aromatic rings. The quantitative estimate of drug-likeness (QED) is 0.636. The molecule has 0 radical (unpaired) electrons. The normalized spacial score (nSPS) is 26.8. The van der Waals surface area contributed by atoms with Gasteiger partial charge in [0.25, 0.3) is 0 Å². The molecule has 2 unspecified atom stereocenters. The first-order valence-corrected chi connectivity index (χ1v) is 4.77. The van der Waals surface area contributed by atoms with E-state index in [1.54, 1.807) is 6.92 Å². The van der Waals surface area contributed by atoms with Crippen LogP contribution in [0.25, 0.3) is 0 Å². The molecule has 13 heavy (non-hydrogen) atoms. The number of hydrogen-bond acceptors (Lipinski definition) is 3. The third kappa shape index (κ3) is 5.64. The zero-order chi connectivity index (χ0) is 10.4. The molecule has 0 amide bonds. The van der Waals surface area contributed by atoms with Crippen molar-refractivity contribution >= 4 is 5.97 Å². The molecular formula is C10H20O3. The lowest BCUT2D eigenvalue weighted by atomic mass is 10.0. The lowest BCUT2D eigenvalue weighted by Crippen LogP contribution is -2.14. The van der Waals surface area contributed by atoms with Crippen LogP contribution in [0.5, 0.6) is 0 Å². The predicted octanol–water partition coefficient (Wildman–Crippen LogP) is 1.59. The van der Waals surface area contributed by atoms with Crippen molar-refractivity contribution in [3.05, 3.63) is 0 Å². The maximum absolute atomic E-state index is 10.5. The molecule has 1 saturated heterocycles. The second-order valence-corrected chi connectivity index (χ2v) is 4.07. The van der Waals surface area contributed by atoms with Crippen LogP contribution in [0.15, 0.2) is 0 Å². The summed E-state index contributed by atoms with van der Waals surface area (Å²) in [4.78, 5) is 10.5. The van der Waals surface area contributed by atoms with Gasteiger partial charge in [-0.3, -0.25) is 4.79 Å². The first-order chi connectivity index (χ1) is 5.97.